The number of hydrogen-bond acceptors (Lipinski definition) is 2. The third-order valence-electron chi connectivity index (χ3n) is 3.13. The van der Waals surface area contributed by atoms with Crippen LogP contribution in [0, 0.1) is 11.8 Å². The zero-order valence-electron chi connectivity index (χ0n) is 9.79. The van der Waals surface area contributed by atoms with Crippen LogP contribution in [-0.2, 0) is 0 Å². The molecule has 14 heavy (non-hydrogen) atoms. The molecule has 0 aliphatic heterocycles. The third kappa shape index (κ3) is 4.43. The molecule has 0 bridgehead atoms. The summed E-state index contributed by atoms with van der Waals surface area (Å²) in [5.41, 5.74) is 0. The van der Waals surface area contributed by atoms with Crippen molar-refractivity contribution in [3.63, 3.8) is 0 Å². The fraction of sp³-hybridized carbons (Fsp3) is 1.00. The second-order valence-electron chi connectivity index (χ2n) is 5.11. The number of aliphatic hydroxyl groups excluding tert-OH is 1. The molecule has 0 aromatic heterocycles. The second-order valence-corrected chi connectivity index (χ2v) is 5.11. The first-order valence-corrected chi connectivity index (χ1v) is 6.00. The molecule has 0 heterocycles. The molecule has 84 valence electrons. The lowest BCUT2D eigenvalue weighted by Crippen LogP contribution is -2.40. The summed E-state index contributed by atoms with van der Waals surface area (Å²) in [6, 6.07) is 1.09. The van der Waals surface area contributed by atoms with Crippen LogP contribution in [0.15, 0.2) is 0 Å². The van der Waals surface area contributed by atoms with Gasteiger partial charge in [-0.15, -0.1) is 0 Å². The van der Waals surface area contributed by atoms with E-state index >= 15 is 0 Å². The summed E-state index contributed by atoms with van der Waals surface area (Å²) in [6.07, 6.45) is 5.05. The lowest BCUT2D eigenvalue weighted by Gasteiger charge is -2.26. The normalized spacial score (nSPS) is 21.2. The first-order chi connectivity index (χ1) is 6.63. The SMILES string of the molecule is CC(CC1CC1)NC(CCO)C(C)C. The molecule has 0 aromatic rings. The Morgan fingerprint density at radius 2 is 1.93 bits per heavy atom. The molecular weight excluding hydrogens is 174 g/mol. The predicted octanol–water partition coefficient (Wildman–Crippen LogP) is 2.17. The molecule has 1 aliphatic rings. The van der Waals surface area contributed by atoms with Gasteiger partial charge in [0.2, 0.25) is 0 Å². The predicted molar refractivity (Wildman–Crippen MR) is 60.3 cm³/mol. The Morgan fingerprint density at radius 1 is 1.29 bits per heavy atom. The highest BCUT2D eigenvalue weighted by molar-refractivity contribution is 4.81. The van der Waals surface area contributed by atoms with Crippen LogP contribution in [0.1, 0.15) is 46.5 Å². The fourth-order valence-electron chi connectivity index (χ4n) is 2.04. The number of nitrogens with one attached hydrogen (secondary N) is 1. The highest BCUT2D eigenvalue weighted by atomic mass is 16.3. The van der Waals surface area contributed by atoms with Gasteiger partial charge in [-0.3, -0.25) is 0 Å². The second kappa shape index (κ2) is 5.72. The van der Waals surface area contributed by atoms with Crippen LogP contribution < -0.4 is 5.32 Å². The van der Waals surface area contributed by atoms with Crippen molar-refractivity contribution in [3.8, 4) is 0 Å². The lowest BCUT2D eigenvalue weighted by atomic mass is 9.99. The first-order valence-electron chi connectivity index (χ1n) is 6.00. The van der Waals surface area contributed by atoms with Crippen LogP contribution in [0.25, 0.3) is 0 Å². The van der Waals surface area contributed by atoms with Crippen LogP contribution in [0.4, 0.5) is 0 Å². The van der Waals surface area contributed by atoms with Crippen molar-refractivity contribution in [3.05, 3.63) is 0 Å². The van der Waals surface area contributed by atoms with Gasteiger partial charge in [-0.1, -0.05) is 26.7 Å². The zero-order chi connectivity index (χ0) is 10.6. The topological polar surface area (TPSA) is 32.3 Å². The average Bonchev–Trinajstić information content (AvgIpc) is 2.87. The molecule has 2 unspecified atom stereocenters. The van der Waals surface area contributed by atoms with Crippen molar-refractivity contribution in [1.82, 2.24) is 5.32 Å². The molecule has 0 amide bonds. The van der Waals surface area contributed by atoms with Crippen molar-refractivity contribution in [1.29, 1.82) is 0 Å². The van der Waals surface area contributed by atoms with E-state index in [9.17, 15) is 0 Å². The van der Waals surface area contributed by atoms with E-state index in [1.807, 2.05) is 0 Å². The minimum atomic E-state index is 0.298. The Bertz CT molecular complexity index is 154. The van der Waals surface area contributed by atoms with Crippen LogP contribution in [0.5, 0.6) is 0 Å². The van der Waals surface area contributed by atoms with Crippen LogP contribution in [-0.4, -0.2) is 23.8 Å². The smallest absolute Gasteiger partial charge is 0.0445 e. The molecule has 1 saturated carbocycles. The maximum absolute atomic E-state index is 8.95. The summed E-state index contributed by atoms with van der Waals surface area (Å²) in [7, 11) is 0. The Hall–Kier alpha value is -0.0800. The molecule has 1 rings (SSSR count). The van der Waals surface area contributed by atoms with Gasteiger partial charge in [0, 0.05) is 18.7 Å². The fourth-order valence-corrected chi connectivity index (χ4v) is 2.04. The Balaban J connectivity index is 2.21. The molecule has 1 aliphatic carbocycles. The van der Waals surface area contributed by atoms with E-state index in [1.54, 1.807) is 0 Å². The minimum Gasteiger partial charge on any atom is -0.396 e. The summed E-state index contributed by atoms with van der Waals surface area (Å²) in [5, 5.41) is 12.6. The maximum atomic E-state index is 8.95. The molecule has 0 spiro atoms. The maximum Gasteiger partial charge on any atom is 0.0445 e. The Morgan fingerprint density at radius 3 is 2.36 bits per heavy atom. The van der Waals surface area contributed by atoms with Gasteiger partial charge in [-0.2, -0.15) is 0 Å². The molecule has 2 nitrogen and oxygen atoms in total. The van der Waals surface area contributed by atoms with Crippen molar-refractivity contribution >= 4 is 0 Å². The Kier molecular flexibility index (Phi) is 4.90. The van der Waals surface area contributed by atoms with E-state index in [-0.39, 0.29) is 0 Å². The van der Waals surface area contributed by atoms with Gasteiger partial charge in [0.1, 0.15) is 0 Å². The van der Waals surface area contributed by atoms with E-state index < -0.39 is 0 Å². The van der Waals surface area contributed by atoms with Gasteiger partial charge < -0.3 is 10.4 Å². The largest absolute Gasteiger partial charge is 0.396 e. The summed E-state index contributed by atoms with van der Waals surface area (Å²) >= 11 is 0. The van der Waals surface area contributed by atoms with E-state index in [0.29, 0.717) is 24.6 Å². The summed E-state index contributed by atoms with van der Waals surface area (Å²) in [4.78, 5) is 0. The number of rotatable bonds is 7. The summed E-state index contributed by atoms with van der Waals surface area (Å²) in [5.74, 6) is 1.60. The van der Waals surface area contributed by atoms with Gasteiger partial charge >= 0.3 is 0 Å². The highest BCUT2D eigenvalue weighted by Gasteiger charge is 2.25. The standard InChI is InChI=1S/C12H25NO/c1-9(2)12(6-7-14)13-10(3)8-11-4-5-11/h9-14H,4-8H2,1-3H3. The van der Waals surface area contributed by atoms with Gasteiger partial charge in [-0.05, 0) is 31.6 Å². The van der Waals surface area contributed by atoms with Crippen molar-refractivity contribution in [2.24, 2.45) is 11.8 Å². The average molecular weight is 199 g/mol. The number of aliphatic hydroxyl groups is 1. The van der Waals surface area contributed by atoms with E-state index in [4.69, 9.17) is 5.11 Å². The van der Waals surface area contributed by atoms with E-state index in [0.717, 1.165) is 12.3 Å². The molecule has 0 radical (unpaired) electrons. The van der Waals surface area contributed by atoms with Gasteiger partial charge in [-0.25, -0.2) is 0 Å². The summed E-state index contributed by atoms with van der Waals surface area (Å²) in [6.45, 7) is 7.01. The molecule has 0 aromatic carbocycles. The molecule has 1 fully saturated rings. The minimum absolute atomic E-state index is 0.298. The summed E-state index contributed by atoms with van der Waals surface area (Å²) < 4.78 is 0. The molecular formula is C12H25NO. The van der Waals surface area contributed by atoms with Crippen molar-refractivity contribution in [2.75, 3.05) is 6.61 Å². The molecule has 2 N–H and O–H groups in total. The van der Waals surface area contributed by atoms with Crippen LogP contribution in [0.2, 0.25) is 0 Å². The molecule has 2 atom stereocenters. The molecule has 2 heteroatoms. The van der Waals surface area contributed by atoms with Crippen LogP contribution >= 0.6 is 0 Å². The Labute approximate surface area is 88.1 Å². The first kappa shape index (κ1) is 12.0. The van der Waals surface area contributed by atoms with Gasteiger partial charge in [0.15, 0.2) is 0 Å². The lowest BCUT2D eigenvalue weighted by molar-refractivity contribution is 0.234. The monoisotopic (exact) mass is 199 g/mol. The highest BCUT2D eigenvalue weighted by Crippen LogP contribution is 2.33. The van der Waals surface area contributed by atoms with Crippen molar-refractivity contribution < 1.29 is 5.11 Å². The van der Waals surface area contributed by atoms with Crippen LogP contribution in [0.3, 0.4) is 0 Å². The quantitative estimate of drug-likeness (QED) is 0.658. The third-order valence-corrected chi connectivity index (χ3v) is 3.13. The zero-order valence-corrected chi connectivity index (χ0v) is 9.79. The van der Waals surface area contributed by atoms with E-state index in [1.165, 1.54) is 19.3 Å². The van der Waals surface area contributed by atoms with E-state index in [2.05, 4.69) is 26.1 Å². The number of hydrogen-bond donors (Lipinski definition) is 2. The van der Waals surface area contributed by atoms with Gasteiger partial charge in [0.05, 0.1) is 0 Å². The van der Waals surface area contributed by atoms with Crippen molar-refractivity contribution in [2.45, 2.75) is 58.5 Å². The molecule has 0 saturated heterocycles. The van der Waals surface area contributed by atoms with Gasteiger partial charge in [0.25, 0.3) is 0 Å².